The van der Waals surface area contributed by atoms with Gasteiger partial charge in [0.2, 0.25) is 5.91 Å². The first-order valence-electron chi connectivity index (χ1n) is 12.8. The van der Waals surface area contributed by atoms with Crippen molar-refractivity contribution in [2.45, 2.75) is 83.9 Å². The monoisotopic (exact) mass is 480 g/mol. The first-order valence-corrected chi connectivity index (χ1v) is 12.8. The molecule has 1 saturated carbocycles. The Kier molecular flexibility index (Phi) is 6.01. The zero-order chi connectivity index (χ0) is 24.9. The molecule has 8 nitrogen and oxygen atoms in total. The van der Waals surface area contributed by atoms with E-state index in [0.717, 1.165) is 60.9 Å². The zero-order valence-corrected chi connectivity index (χ0v) is 21.2. The van der Waals surface area contributed by atoms with Gasteiger partial charge in [0.25, 0.3) is 0 Å². The average molecular weight is 481 g/mol. The van der Waals surface area contributed by atoms with Crippen molar-refractivity contribution in [1.29, 1.82) is 0 Å². The van der Waals surface area contributed by atoms with Gasteiger partial charge >= 0.3 is 6.09 Å². The molecule has 35 heavy (non-hydrogen) atoms. The first-order chi connectivity index (χ1) is 16.6. The lowest BCUT2D eigenvalue weighted by Gasteiger charge is -2.36. The fourth-order valence-corrected chi connectivity index (χ4v) is 5.23. The molecule has 3 heterocycles. The Morgan fingerprint density at radius 2 is 1.80 bits per heavy atom. The molecule has 1 atom stereocenters. The molecule has 1 N–H and O–H groups in total. The van der Waals surface area contributed by atoms with Crippen LogP contribution in [0.4, 0.5) is 10.5 Å². The second-order valence-electron chi connectivity index (χ2n) is 11.2. The van der Waals surface area contributed by atoms with Crippen molar-refractivity contribution in [3.63, 3.8) is 0 Å². The van der Waals surface area contributed by atoms with Crippen LogP contribution in [-0.4, -0.2) is 56.5 Å². The molecular weight excluding hydrogens is 444 g/mol. The number of phenols is 1. The van der Waals surface area contributed by atoms with Crippen molar-refractivity contribution >= 4 is 17.7 Å². The van der Waals surface area contributed by atoms with E-state index in [1.165, 1.54) is 0 Å². The number of benzene rings is 1. The highest BCUT2D eigenvalue weighted by atomic mass is 16.6. The number of aromatic hydroxyl groups is 1. The number of likely N-dealkylation sites (tertiary alicyclic amines) is 1. The van der Waals surface area contributed by atoms with Crippen LogP contribution in [0.3, 0.4) is 0 Å². The Bertz CT molecular complexity index is 1120. The third-order valence-electron chi connectivity index (χ3n) is 7.34. The number of aromatic nitrogens is 2. The lowest BCUT2D eigenvalue weighted by Crippen LogP contribution is -2.43. The second kappa shape index (κ2) is 8.88. The van der Waals surface area contributed by atoms with Gasteiger partial charge in [-0.25, -0.2) is 4.79 Å². The molecule has 3 aliphatic rings. The number of fused-ring (bicyclic) bond motifs is 1. The molecule has 1 aromatic heterocycles. The molecule has 5 rings (SSSR count). The Labute approximate surface area is 206 Å². The SMILES string of the molecule is CC1CCc2c(ccc(-c3cnn(C4CCN(C(=O)OC(C)(C)C)CC4)c3)c2O)N1C(=O)C1CC1. The van der Waals surface area contributed by atoms with Crippen molar-refractivity contribution in [3.05, 3.63) is 30.1 Å². The number of hydrogen-bond donors (Lipinski definition) is 1. The van der Waals surface area contributed by atoms with Gasteiger partial charge in [-0.2, -0.15) is 5.10 Å². The summed E-state index contributed by atoms with van der Waals surface area (Å²) < 4.78 is 7.45. The minimum atomic E-state index is -0.498. The summed E-state index contributed by atoms with van der Waals surface area (Å²) >= 11 is 0. The van der Waals surface area contributed by atoms with Gasteiger partial charge < -0.3 is 19.6 Å². The summed E-state index contributed by atoms with van der Waals surface area (Å²) in [6, 6.07) is 4.23. The summed E-state index contributed by atoms with van der Waals surface area (Å²) in [6.07, 6.45) is 8.64. The Hall–Kier alpha value is -3.03. The maximum atomic E-state index is 12.9. The van der Waals surface area contributed by atoms with Crippen LogP contribution < -0.4 is 4.90 Å². The third kappa shape index (κ3) is 4.75. The van der Waals surface area contributed by atoms with Crippen molar-refractivity contribution < 1.29 is 19.4 Å². The van der Waals surface area contributed by atoms with E-state index in [0.29, 0.717) is 13.1 Å². The Morgan fingerprint density at radius 1 is 1.09 bits per heavy atom. The summed E-state index contributed by atoms with van der Waals surface area (Å²) in [5, 5.41) is 15.8. The molecule has 2 aromatic rings. The van der Waals surface area contributed by atoms with Gasteiger partial charge in [-0.1, -0.05) is 0 Å². The highest BCUT2D eigenvalue weighted by molar-refractivity contribution is 5.99. The number of carbonyl (C=O) groups is 2. The van der Waals surface area contributed by atoms with E-state index in [-0.39, 0.29) is 35.8 Å². The molecule has 1 saturated heterocycles. The van der Waals surface area contributed by atoms with E-state index in [9.17, 15) is 14.7 Å². The summed E-state index contributed by atoms with van der Waals surface area (Å²) in [7, 11) is 0. The van der Waals surface area contributed by atoms with Crippen LogP contribution in [0.15, 0.2) is 24.5 Å². The topological polar surface area (TPSA) is 87.9 Å². The van der Waals surface area contributed by atoms with Gasteiger partial charge in [0.15, 0.2) is 0 Å². The van der Waals surface area contributed by atoms with Crippen LogP contribution in [0.1, 0.15) is 71.4 Å². The number of carbonyl (C=O) groups excluding carboxylic acids is 2. The number of piperidine rings is 1. The predicted molar refractivity (Wildman–Crippen MR) is 133 cm³/mol. The maximum absolute atomic E-state index is 12.9. The molecule has 8 heteroatoms. The minimum Gasteiger partial charge on any atom is -0.507 e. The van der Waals surface area contributed by atoms with E-state index in [4.69, 9.17) is 4.74 Å². The van der Waals surface area contributed by atoms with Crippen LogP contribution in [0.25, 0.3) is 11.1 Å². The second-order valence-corrected chi connectivity index (χ2v) is 11.2. The van der Waals surface area contributed by atoms with E-state index in [1.54, 1.807) is 11.1 Å². The molecule has 0 bridgehead atoms. The number of amides is 2. The normalized spacial score (nSPS) is 21.1. The summed E-state index contributed by atoms with van der Waals surface area (Å²) in [4.78, 5) is 28.9. The van der Waals surface area contributed by atoms with Gasteiger partial charge in [-0.15, -0.1) is 0 Å². The van der Waals surface area contributed by atoms with E-state index >= 15 is 0 Å². The van der Waals surface area contributed by atoms with Crippen LogP contribution in [0.5, 0.6) is 5.75 Å². The van der Waals surface area contributed by atoms with Crippen molar-refractivity contribution in [3.8, 4) is 16.9 Å². The van der Waals surface area contributed by atoms with Gasteiger partial charge in [-0.3, -0.25) is 9.48 Å². The molecule has 1 aromatic carbocycles. The molecule has 0 radical (unpaired) electrons. The Morgan fingerprint density at radius 3 is 2.46 bits per heavy atom. The third-order valence-corrected chi connectivity index (χ3v) is 7.34. The predicted octanol–water partition coefficient (Wildman–Crippen LogP) is 4.91. The fourth-order valence-electron chi connectivity index (χ4n) is 5.23. The quantitative estimate of drug-likeness (QED) is 0.675. The van der Waals surface area contributed by atoms with Crippen LogP contribution in [0.2, 0.25) is 0 Å². The molecule has 2 fully saturated rings. The summed E-state index contributed by atoms with van der Waals surface area (Å²) in [5.74, 6) is 0.587. The summed E-state index contributed by atoms with van der Waals surface area (Å²) in [5.41, 5.74) is 2.81. The van der Waals surface area contributed by atoms with Crippen molar-refractivity contribution in [2.75, 3.05) is 18.0 Å². The van der Waals surface area contributed by atoms with Crippen LogP contribution >= 0.6 is 0 Å². The smallest absolute Gasteiger partial charge is 0.410 e. The minimum absolute atomic E-state index is 0.144. The number of rotatable bonds is 3. The van der Waals surface area contributed by atoms with Gasteiger partial charge in [0.05, 0.1) is 17.9 Å². The van der Waals surface area contributed by atoms with E-state index < -0.39 is 5.60 Å². The van der Waals surface area contributed by atoms with Gasteiger partial charge in [0, 0.05) is 47.9 Å². The van der Waals surface area contributed by atoms with Gasteiger partial charge in [-0.05, 0) is 78.4 Å². The number of nitrogens with zero attached hydrogens (tertiary/aromatic N) is 4. The molecular formula is C27H36N4O4. The van der Waals surface area contributed by atoms with Gasteiger partial charge in [0.1, 0.15) is 11.4 Å². The standard InChI is InChI=1S/C27H36N4O4/c1-17-5-8-22-23(31(17)25(33)18-6-7-18)10-9-21(24(22)32)19-15-28-30(16-19)20-11-13-29(14-12-20)26(34)35-27(2,3)4/h9-10,15-18,20,32H,5-8,11-14H2,1-4H3. The number of ether oxygens (including phenoxy) is 1. The number of hydrogen-bond acceptors (Lipinski definition) is 5. The maximum Gasteiger partial charge on any atom is 0.410 e. The van der Waals surface area contributed by atoms with E-state index in [1.807, 2.05) is 48.7 Å². The summed E-state index contributed by atoms with van der Waals surface area (Å²) in [6.45, 7) is 8.97. The molecule has 188 valence electrons. The lowest BCUT2D eigenvalue weighted by molar-refractivity contribution is -0.120. The molecule has 1 aliphatic carbocycles. The highest BCUT2D eigenvalue weighted by Crippen LogP contribution is 2.44. The molecule has 2 amide bonds. The molecule has 1 unspecified atom stereocenters. The van der Waals surface area contributed by atoms with Crippen molar-refractivity contribution in [2.24, 2.45) is 5.92 Å². The number of phenolic OH excluding ortho intramolecular Hbond substituents is 1. The van der Waals surface area contributed by atoms with Crippen LogP contribution in [0, 0.1) is 5.92 Å². The fraction of sp³-hybridized carbons (Fsp3) is 0.593. The van der Waals surface area contributed by atoms with Crippen LogP contribution in [-0.2, 0) is 16.0 Å². The lowest BCUT2D eigenvalue weighted by atomic mass is 9.92. The van der Waals surface area contributed by atoms with Crippen molar-refractivity contribution in [1.82, 2.24) is 14.7 Å². The first kappa shape index (κ1) is 23.7. The zero-order valence-electron chi connectivity index (χ0n) is 21.2. The largest absolute Gasteiger partial charge is 0.507 e. The number of anilines is 1. The Balaban J connectivity index is 1.31. The van der Waals surface area contributed by atoms with E-state index in [2.05, 4.69) is 12.0 Å². The molecule has 2 aliphatic heterocycles. The molecule has 0 spiro atoms. The highest BCUT2D eigenvalue weighted by Gasteiger charge is 2.39. The average Bonchev–Trinajstić information content (AvgIpc) is 3.55.